The van der Waals surface area contributed by atoms with Gasteiger partial charge in [0.1, 0.15) is 17.3 Å². The number of benzene rings is 2. The largest absolute Gasteiger partial charge is 0.497 e. The Balaban J connectivity index is 1.69. The molecular formula is C23H23FN4OS. The van der Waals surface area contributed by atoms with Gasteiger partial charge in [-0.1, -0.05) is 18.2 Å². The van der Waals surface area contributed by atoms with Crippen LogP contribution in [0.1, 0.15) is 16.3 Å². The normalized spacial score (nSPS) is 11.2. The molecule has 2 aromatic heterocycles. The van der Waals surface area contributed by atoms with Crippen molar-refractivity contribution in [1.82, 2.24) is 19.7 Å². The lowest BCUT2D eigenvalue weighted by molar-refractivity contribution is 0.316. The van der Waals surface area contributed by atoms with Gasteiger partial charge in [-0.3, -0.25) is 4.90 Å². The molecule has 5 nitrogen and oxygen atoms in total. The van der Waals surface area contributed by atoms with Gasteiger partial charge in [-0.25, -0.2) is 14.1 Å². The van der Waals surface area contributed by atoms with E-state index in [0.29, 0.717) is 30.1 Å². The van der Waals surface area contributed by atoms with Gasteiger partial charge in [0, 0.05) is 41.9 Å². The highest BCUT2D eigenvalue weighted by molar-refractivity contribution is 7.09. The van der Waals surface area contributed by atoms with Gasteiger partial charge in [0.2, 0.25) is 0 Å². The molecule has 0 aliphatic carbocycles. The number of aryl methyl sites for hydroxylation is 1. The number of para-hydroxylation sites is 1. The third kappa shape index (κ3) is 4.42. The fourth-order valence-corrected chi connectivity index (χ4v) is 3.99. The van der Waals surface area contributed by atoms with Crippen molar-refractivity contribution in [2.45, 2.75) is 20.0 Å². The van der Waals surface area contributed by atoms with Crippen molar-refractivity contribution in [2.24, 2.45) is 0 Å². The number of hydrogen-bond donors (Lipinski definition) is 0. The highest BCUT2D eigenvalue weighted by Crippen LogP contribution is 2.29. The van der Waals surface area contributed by atoms with E-state index in [1.54, 1.807) is 28.2 Å². The number of nitrogens with zero attached hydrogens (tertiary/aromatic N) is 4. The summed E-state index contributed by atoms with van der Waals surface area (Å²) in [6, 6.07) is 14.7. The van der Waals surface area contributed by atoms with Crippen molar-refractivity contribution in [3.63, 3.8) is 0 Å². The Morgan fingerprint density at radius 1 is 1.13 bits per heavy atom. The lowest BCUT2D eigenvalue weighted by Crippen LogP contribution is -2.17. The first-order valence-electron chi connectivity index (χ1n) is 9.61. The predicted octanol–water partition coefficient (Wildman–Crippen LogP) is 5.08. The Kier molecular flexibility index (Phi) is 5.92. The van der Waals surface area contributed by atoms with Crippen molar-refractivity contribution in [1.29, 1.82) is 0 Å². The summed E-state index contributed by atoms with van der Waals surface area (Å²) in [6.07, 6.45) is 1.97. The molecule has 7 heteroatoms. The second-order valence-corrected chi connectivity index (χ2v) is 8.22. The van der Waals surface area contributed by atoms with Crippen LogP contribution in [-0.4, -0.2) is 33.8 Å². The minimum Gasteiger partial charge on any atom is -0.497 e. The summed E-state index contributed by atoms with van der Waals surface area (Å²) in [5, 5.41) is 7.85. The average Bonchev–Trinajstić information content (AvgIpc) is 3.34. The van der Waals surface area contributed by atoms with Crippen molar-refractivity contribution in [3.8, 4) is 22.7 Å². The fraction of sp³-hybridized carbons (Fsp3) is 0.217. The molecule has 0 saturated heterocycles. The van der Waals surface area contributed by atoms with Gasteiger partial charge in [-0.2, -0.15) is 5.10 Å². The van der Waals surface area contributed by atoms with E-state index in [0.717, 1.165) is 22.0 Å². The summed E-state index contributed by atoms with van der Waals surface area (Å²) in [5.41, 5.74) is 3.99. The highest BCUT2D eigenvalue weighted by Gasteiger charge is 2.18. The Morgan fingerprint density at radius 2 is 1.93 bits per heavy atom. The zero-order valence-electron chi connectivity index (χ0n) is 17.2. The van der Waals surface area contributed by atoms with Gasteiger partial charge < -0.3 is 4.74 Å². The highest BCUT2D eigenvalue weighted by atomic mass is 32.1. The molecule has 30 heavy (non-hydrogen) atoms. The van der Waals surface area contributed by atoms with E-state index in [1.165, 1.54) is 13.2 Å². The number of thiazole rings is 1. The molecule has 4 rings (SSSR count). The summed E-state index contributed by atoms with van der Waals surface area (Å²) in [7, 11) is 3.56. The van der Waals surface area contributed by atoms with E-state index >= 15 is 0 Å². The van der Waals surface area contributed by atoms with Gasteiger partial charge in [0.25, 0.3) is 0 Å². The van der Waals surface area contributed by atoms with Gasteiger partial charge in [0.15, 0.2) is 0 Å². The molecule has 2 aromatic carbocycles. The molecule has 0 amide bonds. The smallest absolute Gasteiger partial charge is 0.136 e. The summed E-state index contributed by atoms with van der Waals surface area (Å²) < 4.78 is 21.8. The quantitative estimate of drug-likeness (QED) is 0.416. The van der Waals surface area contributed by atoms with Crippen LogP contribution in [0.3, 0.4) is 0 Å². The van der Waals surface area contributed by atoms with Gasteiger partial charge in [0.05, 0.1) is 23.5 Å². The molecule has 0 atom stereocenters. The van der Waals surface area contributed by atoms with E-state index in [2.05, 4.69) is 15.3 Å². The van der Waals surface area contributed by atoms with Crippen LogP contribution in [0, 0.1) is 12.7 Å². The standard InChI is InChI=1S/C23H23FN4OS/c1-16-25-18(15-30-16)14-27(2)12-17-13-28(19-7-5-4-6-8-19)26-23(17)21-10-9-20(29-3)11-22(21)24/h4-11,13,15H,12,14H2,1-3H3. The summed E-state index contributed by atoms with van der Waals surface area (Å²) in [4.78, 5) is 6.70. The van der Waals surface area contributed by atoms with Crippen LogP contribution in [-0.2, 0) is 13.1 Å². The van der Waals surface area contributed by atoms with Crippen LogP contribution in [0.4, 0.5) is 4.39 Å². The molecule has 0 aliphatic heterocycles. The molecule has 0 saturated carbocycles. The lowest BCUT2D eigenvalue weighted by atomic mass is 10.1. The molecule has 0 bridgehead atoms. The first kappa shape index (κ1) is 20.3. The number of halogens is 1. The monoisotopic (exact) mass is 422 g/mol. The van der Waals surface area contributed by atoms with Crippen LogP contribution in [0.2, 0.25) is 0 Å². The Hall–Kier alpha value is -3.03. The maximum absolute atomic E-state index is 14.9. The van der Waals surface area contributed by atoms with Crippen molar-refractivity contribution in [3.05, 3.63) is 82.2 Å². The molecule has 0 N–H and O–H groups in total. The molecule has 0 aliphatic rings. The molecule has 0 radical (unpaired) electrons. The predicted molar refractivity (Wildman–Crippen MR) is 118 cm³/mol. The maximum atomic E-state index is 14.9. The van der Waals surface area contributed by atoms with Gasteiger partial charge in [-0.15, -0.1) is 11.3 Å². The van der Waals surface area contributed by atoms with Crippen LogP contribution >= 0.6 is 11.3 Å². The zero-order valence-corrected chi connectivity index (χ0v) is 18.0. The first-order chi connectivity index (χ1) is 14.5. The summed E-state index contributed by atoms with van der Waals surface area (Å²) in [6.45, 7) is 3.33. The molecule has 0 fully saturated rings. The number of aromatic nitrogens is 3. The van der Waals surface area contributed by atoms with Crippen LogP contribution < -0.4 is 4.74 Å². The van der Waals surface area contributed by atoms with Crippen molar-refractivity contribution < 1.29 is 9.13 Å². The number of methoxy groups -OCH3 is 1. The zero-order chi connectivity index (χ0) is 21.1. The SMILES string of the molecule is COc1ccc(-c2nn(-c3ccccc3)cc2CN(C)Cc2csc(C)n2)c(F)c1. The van der Waals surface area contributed by atoms with Gasteiger partial charge >= 0.3 is 0 Å². The number of ether oxygens (including phenoxy) is 1. The van der Waals surface area contributed by atoms with Crippen LogP contribution in [0.5, 0.6) is 5.75 Å². The summed E-state index contributed by atoms with van der Waals surface area (Å²) >= 11 is 1.64. The first-order valence-corrected chi connectivity index (χ1v) is 10.5. The minimum absolute atomic E-state index is 0.355. The van der Waals surface area contributed by atoms with Crippen molar-refractivity contribution in [2.75, 3.05) is 14.2 Å². The third-order valence-electron chi connectivity index (χ3n) is 4.78. The molecule has 2 heterocycles. The molecule has 0 unspecified atom stereocenters. The minimum atomic E-state index is -0.355. The second-order valence-electron chi connectivity index (χ2n) is 7.16. The van der Waals surface area contributed by atoms with E-state index in [1.807, 2.05) is 50.5 Å². The average molecular weight is 423 g/mol. The number of rotatable bonds is 7. The Morgan fingerprint density at radius 3 is 2.60 bits per heavy atom. The fourth-order valence-electron chi connectivity index (χ4n) is 3.38. The third-order valence-corrected chi connectivity index (χ3v) is 5.60. The lowest BCUT2D eigenvalue weighted by Gasteiger charge is -2.15. The maximum Gasteiger partial charge on any atom is 0.136 e. The van der Waals surface area contributed by atoms with E-state index in [9.17, 15) is 4.39 Å². The van der Waals surface area contributed by atoms with Crippen molar-refractivity contribution >= 4 is 11.3 Å². The summed E-state index contributed by atoms with van der Waals surface area (Å²) in [5.74, 6) is 0.128. The molecule has 4 aromatic rings. The molecule has 0 spiro atoms. The Bertz CT molecular complexity index is 1140. The van der Waals surface area contributed by atoms with E-state index in [-0.39, 0.29) is 5.82 Å². The second kappa shape index (κ2) is 8.77. The van der Waals surface area contributed by atoms with E-state index < -0.39 is 0 Å². The molecular weight excluding hydrogens is 399 g/mol. The topological polar surface area (TPSA) is 43.2 Å². The molecule has 154 valence electrons. The van der Waals surface area contributed by atoms with Crippen LogP contribution in [0.25, 0.3) is 16.9 Å². The van der Waals surface area contributed by atoms with Gasteiger partial charge in [-0.05, 0) is 38.2 Å². The van der Waals surface area contributed by atoms with Crippen LogP contribution in [0.15, 0.2) is 60.1 Å². The Labute approximate surface area is 179 Å². The number of hydrogen-bond acceptors (Lipinski definition) is 5. The van der Waals surface area contributed by atoms with E-state index in [4.69, 9.17) is 9.84 Å².